The lowest BCUT2D eigenvalue weighted by Crippen LogP contribution is -2.22. The van der Waals surface area contributed by atoms with Crippen LogP contribution in [0, 0.1) is 0 Å². The van der Waals surface area contributed by atoms with Gasteiger partial charge in [0.2, 0.25) is 0 Å². The highest BCUT2D eigenvalue weighted by Gasteiger charge is 2.32. The summed E-state index contributed by atoms with van der Waals surface area (Å²) in [6.07, 6.45) is 3.61. The third-order valence-corrected chi connectivity index (χ3v) is 2.50. The quantitative estimate of drug-likeness (QED) is 0.397. The van der Waals surface area contributed by atoms with E-state index in [1.165, 1.54) is 19.4 Å². The van der Waals surface area contributed by atoms with Gasteiger partial charge in [0, 0.05) is 19.0 Å². The average molecular weight is 140 g/mol. The molecule has 1 unspecified atom stereocenters. The molecule has 2 heterocycles. The van der Waals surface area contributed by atoms with Crippen LogP contribution >= 0.6 is 0 Å². The summed E-state index contributed by atoms with van der Waals surface area (Å²) >= 11 is 0. The normalized spacial score (nSPS) is 37.2. The Balaban J connectivity index is 2.07. The van der Waals surface area contributed by atoms with Crippen LogP contribution in [0.1, 0.15) is 19.3 Å². The van der Waals surface area contributed by atoms with Gasteiger partial charge in [-0.15, -0.1) is 0 Å². The number of rotatable bonds is 0. The Morgan fingerprint density at radius 1 is 1.60 bits per heavy atom. The molecule has 0 saturated carbocycles. The monoisotopic (exact) mass is 140 g/mol. The van der Waals surface area contributed by atoms with E-state index in [4.69, 9.17) is 5.21 Å². The Morgan fingerprint density at radius 2 is 2.50 bits per heavy atom. The van der Waals surface area contributed by atoms with Crippen molar-refractivity contribution >= 4 is 5.71 Å². The van der Waals surface area contributed by atoms with Crippen molar-refractivity contribution in [2.75, 3.05) is 13.1 Å². The molecule has 1 atom stereocenters. The van der Waals surface area contributed by atoms with Gasteiger partial charge in [0.1, 0.15) is 0 Å². The van der Waals surface area contributed by atoms with E-state index in [0.717, 1.165) is 18.7 Å². The van der Waals surface area contributed by atoms with Gasteiger partial charge in [-0.05, 0) is 19.4 Å². The Morgan fingerprint density at radius 3 is 3.20 bits per heavy atom. The molecule has 0 bridgehead atoms. The molecule has 10 heavy (non-hydrogen) atoms. The summed E-state index contributed by atoms with van der Waals surface area (Å²) in [6.45, 7) is 2.10. The molecule has 0 aromatic rings. The lowest BCUT2D eigenvalue weighted by Gasteiger charge is -2.10. The molecule has 0 aromatic heterocycles. The maximum absolute atomic E-state index is 8.48. The highest BCUT2D eigenvalue weighted by Crippen LogP contribution is 2.25. The Bertz CT molecular complexity index is 153. The molecule has 0 spiro atoms. The smallest absolute Gasteiger partial charge is 0.0726 e. The Kier molecular flexibility index (Phi) is 1.38. The minimum Gasteiger partial charge on any atom is -0.411 e. The number of hydrogen-bond acceptors (Lipinski definition) is 3. The minimum atomic E-state index is 0.700. The van der Waals surface area contributed by atoms with Gasteiger partial charge in [0.25, 0.3) is 0 Å². The third kappa shape index (κ3) is 0.814. The van der Waals surface area contributed by atoms with Crippen molar-refractivity contribution in [1.82, 2.24) is 4.90 Å². The summed E-state index contributed by atoms with van der Waals surface area (Å²) < 4.78 is 0. The predicted molar refractivity (Wildman–Crippen MR) is 38.4 cm³/mol. The van der Waals surface area contributed by atoms with Crippen LogP contribution < -0.4 is 0 Å². The maximum atomic E-state index is 8.48. The molecule has 2 aliphatic heterocycles. The van der Waals surface area contributed by atoms with Gasteiger partial charge in [-0.1, -0.05) is 5.16 Å². The summed E-state index contributed by atoms with van der Waals surface area (Å²) in [7, 11) is 0. The van der Waals surface area contributed by atoms with Crippen molar-refractivity contribution in [3.8, 4) is 0 Å². The first-order chi connectivity index (χ1) is 4.90. The van der Waals surface area contributed by atoms with Crippen LogP contribution in [0.3, 0.4) is 0 Å². The highest BCUT2D eigenvalue weighted by molar-refractivity contribution is 5.88. The molecule has 3 heteroatoms. The van der Waals surface area contributed by atoms with Gasteiger partial charge >= 0.3 is 0 Å². The van der Waals surface area contributed by atoms with E-state index in [-0.39, 0.29) is 0 Å². The van der Waals surface area contributed by atoms with Crippen molar-refractivity contribution < 1.29 is 5.21 Å². The molecule has 3 nitrogen and oxygen atoms in total. The fourth-order valence-corrected chi connectivity index (χ4v) is 1.98. The van der Waals surface area contributed by atoms with Gasteiger partial charge in [-0.3, -0.25) is 4.90 Å². The third-order valence-electron chi connectivity index (χ3n) is 2.50. The van der Waals surface area contributed by atoms with Gasteiger partial charge in [0.05, 0.1) is 5.71 Å². The van der Waals surface area contributed by atoms with Crippen LogP contribution in [-0.2, 0) is 0 Å². The van der Waals surface area contributed by atoms with E-state index >= 15 is 0 Å². The van der Waals surface area contributed by atoms with E-state index in [9.17, 15) is 0 Å². The van der Waals surface area contributed by atoms with Crippen molar-refractivity contribution in [1.29, 1.82) is 0 Å². The summed E-state index contributed by atoms with van der Waals surface area (Å²) in [6, 6.07) is 0.700. The van der Waals surface area contributed by atoms with E-state index in [1.54, 1.807) is 0 Å². The second kappa shape index (κ2) is 2.23. The van der Waals surface area contributed by atoms with Crippen molar-refractivity contribution in [3.63, 3.8) is 0 Å². The first-order valence-corrected chi connectivity index (χ1v) is 3.84. The topological polar surface area (TPSA) is 35.8 Å². The van der Waals surface area contributed by atoms with E-state index in [0.29, 0.717) is 6.04 Å². The molecule has 0 aromatic carbocycles. The van der Waals surface area contributed by atoms with Crippen LogP contribution in [0.25, 0.3) is 0 Å². The zero-order chi connectivity index (χ0) is 6.97. The van der Waals surface area contributed by atoms with E-state index in [2.05, 4.69) is 10.1 Å². The molecule has 1 N–H and O–H groups in total. The van der Waals surface area contributed by atoms with Gasteiger partial charge in [0.15, 0.2) is 0 Å². The summed E-state index contributed by atoms with van der Waals surface area (Å²) in [5, 5.41) is 11.7. The molecule has 2 saturated heterocycles. The molecule has 56 valence electrons. The number of oxime groups is 1. The molecular formula is C7H12N2O. The van der Waals surface area contributed by atoms with Crippen LogP contribution in [-0.4, -0.2) is 35.0 Å². The zero-order valence-electron chi connectivity index (χ0n) is 5.95. The van der Waals surface area contributed by atoms with Gasteiger partial charge in [-0.25, -0.2) is 0 Å². The van der Waals surface area contributed by atoms with Crippen molar-refractivity contribution in [2.24, 2.45) is 5.16 Å². The maximum Gasteiger partial charge on any atom is 0.0726 e. The Labute approximate surface area is 60.3 Å². The number of nitrogens with zero attached hydrogens (tertiary/aromatic N) is 2. The molecular weight excluding hydrogens is 128 g/mol. The lowest BCUT2D eigenvalue weighted by molar-refractivity contribution is 0.314. The molecule has 2 aliphatic rings. The predicted octanol–water partition coefficient (Wildman–Crippen LogP) is 0.685. The first-order valence-electron chi connectivity index (χ1n) is 3.84. The second-order valence-corrected chi connectivity index (χ2v) is 3.14. The molecule has 2 fully saturated rings. The largest absolute Gasteiger partial charge is 0.411 e. The summed E-state index contributed by atoms with van der Waals surface area (Å²) in [5.41, 5.74) is 0.963. The van der Waals surface area contributed by atoms with Crippen LogP contribution in [0.5, 0.6) is 0 Å². The van der Waals surface area contributed by atoms with Gasteiger partial charge in [-0.2, -0.15) is 0 Å². The summed E-state index contributed by atoms with van der Waals surface area (Å²) in [5.74, 6) is 0. The van der Waals surface area contributed by atoms with E-state index < -0.39 is 0 Å². The minimum absolute atomic E-state index is 0.700. The van der Waals surface area contributed by atoms with E-state index in [1.807, 2.05) is 0 Å². The zero-order valence-corrected chi connectivity index (χ0v) is 5.95. The fraction of sp³-hybridized carbons (Fsp3) is 0.857. The summed E-state index contributed by atoms with van der Waals surface area (Å²) in [4.78, 5) is 2.40. The average Bonchev–Trinajstić information content (AvgIpc) is 2.42. The standard InChI is InChI=1S/C7H12N2O/c10-8-6-4-7-2-1-3-9(7)5-6/h7,10H,1-5H2. The SMILES string of the molecule is ON=C1CC2CCCN2C1. The molecule has 0 radical (unpaired) electrons. The van der Waals surface area contributed by atoms with Crippen molar-refractivity contribution in [2.45, 2.75) is 25.3 Å². The highest BCUT2D eigenvalue weighted by atomic mass is 16.4. The van der Waals surface area contributed by atoms with Gasteiger partial charge < -0.3 is 5.21 Å². The first kappa shape index (κ1) is 6.16. The number of fused-ring (bicyclic) bond motifs is 1. The fourth-order valence-electron chi connectivity index (χ4n) is 1.98. The lowest BCUT2D eigenvalue weighted by atomic mass is 10.1. The molecule has 0 amide bonds. The van der Waals surface area contributed by atoms with Crippen molar-refractivity contribution in [3.05, 3.63) is 0 Å². The van der Waals surface area contributed by atoms with Crippen LogP contribution in [0.4, 0.5) is 0 Å². The number of hydrogen-bond donors (Lipinski definition) is 1. The second-order valence-electron chi connectivity index (χ2n) is 3.14. The van der Waals surface area contributed by atoms with Crippen LogP contribution in [0.2, 0.25) is 0 Å². The molecule has 0 aliphatic carbocycles. The molecule has 2 rings (SSSR count). The van der Waals surface area contributed by atoms with Crippen LogP contribution in [0.15, 0.2) is 5.16 Å². The Hall–Kier alpha value is -0.570.